The van der Waals surface area contributed by atoms with Gasteiger partial charge in [0, 0.05) is 29.6 Å². The Morgan fingerprint density at radius 1 is 1.44 bits per heavy atom. The fourth-order valence-electron chi connectivity index (χ4n) is 1.74. The van der Waals surface area contributed by atoms with Gasteiger partial charge in [-0.25, -0.2) is 0 Å². The summed E-state index contributed by atoms with van der Waals surface area (Å²) in [4.78, 5) is 26.2. The Labute approximate surface area is 104 Å². The molecule has 1 heterocycles. The lowest BCUT2D eigenvalue weighted by molar-refractivity contribution is 0.0953. The molecule has 94 valence electrons. The maximum atomic E-state index is 12.0. The third-order valence-corrected chi connectivity index (χ3v) is 2.58. The summed E-state index contributed by atoms with van der Waals surface area (Å²) >= 11 is 0. The number of H-pyrrole nitrogens is 1. The second-order valence-electron chi connectivity index (χ2n) is 4.28. The number of nitrogens with two attached hydrogens (primary N) is 1. The highest BCUT2D eigenvalue weighted by molar-refractivity contribution is 6.05. The summed E-state index contributed by atoms with van der Waals surface area (Å²) in [6.45, 7) is 2.18. The van der Waals surface area contributed by atoms with Crippen molar-refractivity contribution in [3.8, 4) is 0 Å². The Morgan fingerprint density at radius 2 is 2.17 bits per heavy atom. The highest BCUT2D eigenvalue weighted by Gasteiger charge is 2.11. The number of aromatic nitrogens is 1. The molecular formula is C13H15N3O2. The van der Waals surface area contributed by atoms with E-state index in [2.05, 4.69) is 10.3 Å². The third-order valence-electron chi connectivity index (χ3n) is 2.58. The molecule has 4 N–H and O–H groups in total. The molecule has 1 aromatic heterocycles. The first kappa shape index (κ1) is 12.3. The summed E-state index contributed by atoms with van der Waals surface area (Å²) in [5.74, 6) is -0.283. The molecule has 0 aliphatic carbocycles. The number of hydrogen-bond acceptors (Lipinski definition) is 3. The van der Waals surface area contributed by atoms with Gasteiger partial charge in [-0.05, 0) is 13.0 Å². The van der Waals surface area contributed by atoms with Gasteiger partial charge in [0.05, 0.1) is 5.56 Å². The largest absolute Gasteiger partial charge is 0.350 e. The zero-order valence-corrected chi connectivity index (χ0v) is 10.1. The summed E-state index contributed by atoms with van der Waals surface area (Å²) in [5.41, 5.74) is 6.31. The van der Waals surface area contributed by atoms with E-state index in [0.717, 1.165) is 5.39 Å². The van der Waals surface area contributed by atoms with Crippen LogP contribution in [0.15, 0.2) is 35.1 Å². The lowest BCUT2D eigenvalue weighted by Gasteiger charge is -2.09. The summed E-state index contributed by atoms with van der Waals surface area (Å²) < 4.78 is 0. The molecule has 2 aromatic rings. The van der Waals surface area contributed by atoms with Crippen LogP contribution in [0.25, 0.3) is 10.9 Å². The van der Waals surface area contributed by atoms with E-state index in [0.29, 0.717) is 17.6 Å². The van der Waals surface area contributed by atoms with Gasteiger partial charge in [-0.3, -0.25) is 9.59 Å². The van der Waals surface area contributed by atoms with Crippen LogP contribution in [0.2, 0.25) is 0 Å². The molecule has 0 bridgehead atoms. The van der Waals surface area contributed by atoms with E-state index in [1.807, 2.05) is 12.1 Å². The average Bonchev–Trinajstić information content (AvgIpc) is 2.34. The van der Waals surface area contributed by atoms with Crippen molar-refractivity contribution in [3.63, 3.8) is 0 Å². The van der Waals surface area contributed by atoms with Gasteiger partial charge in [0.25, 0.3) is 5.91 Å². The molecule has 0 fully saturated rings. The lowest BCUT2D eigenvalue weighted by Crippen LogP contribution is -2.35. The molecule has 1 atom stereocenters. The molecule has 0 saturated heterocycles. The first-order valence-electron chi connectivity index (χ1n) is 5.74. The molecule has 0 radical (unpaired) electrons. The second kappa shape index (κ2) is 5.01. The predicted molar refractivity (Wildman–Crippen MR) is 70.6 cm³/mol. The van der Waals surface area contributed by atoms with E-state index in [-0.39, 0.29) is 17.5 Å². The van der Waals surface area contributed by atoms with Crippen LogP contribution in [0.3, 0.4) is 0 Å². The number of pyridine rings is 1. The fraction of sp³-hybridized carbons (Fsp3) is 0.231. The van der Waals surface area contributed by atoms with Crippen LogP contribution in [0, 0.1) is 0 Å². The average molecular weight is 245 g/mol. The Morgan fingerprint density at radius 3 is 2.89 bits per heavy atom. The Bertz CT molecular complexity index is 631. The van der Waals surface area contributed by atoms with Crippen molar-refractivity contribution in [2.45, 2.75) is 13.0 Å². The van der Waals surface area contributed by atoms with Crippen molar-refractivity contribution in [1.29, 1.82) is 0 Å². The standard InChI is InChI=1S/C13H15N3O2/c1-8(14)7-15-13(18)10-6-12(17)16-11-5-3-2-4-9(10)11/h2-6,8H,7,14H2,1H3,(H,15,18)(H,16,17). The van der Waals surface area contributed by atoms with Crippen LogP contribution in [0.5, 0.6) is 0 Å². The van der Waals surface area contributed by atoms with Gasteiger partial charge in [-0.2, -0.15) is 0 Å². The summed E-state index contributed by atoms with van der Waals surface area (Å²) in [6.07, 6.45) is 0. The van der Waals surface area contributed by atoms with E-state index < -0.39 is 0 Å². The van der Waals surface area contributed by atoms with Crippen LogP contribution >= 0.6 is 0 Å². The molecule has 0 saturated carbocycles. The van der Waals surface area contributed by atoms with E-state index in [4.69, 9.17) is 5.73 Å². The summed E-state index contributed by atoms with van der Waals surface area (Å²) in [6, 6.07) is 8.37. The smallest absolute Gasteiger partial charge is 0.252 e. The van der Waals surface area contributed by atoms with E-state index in [1.165, 1.54) is 6.07 Å². The monoisotopic (exact) mass is 245 g/mol. The van der Waals surface area contributed by atoms with Gasteiger partial charge in [-0.15, -0.1) is 0 Å². The molecular weight excluding hydrogens is 230 g/mol. The molecule has 5 heteroatoms. The molecule has 1 amide bonds. The van der Waals surface area contributed by atoms with Crippen LogP contribution in [0.4, 0.5) is 0 Å². The topological polar surface area (TPSA) is 88.0 Å². The summed E-state index contributed by atoms with van der Waals surface area (Å²) in [5, 5.41) is 3.42. The van der Waals surface area contributed by atoms with E-state index >= 15 is 0 Å². The van der Waals surface area contributed by atoms with Crippen molar-refractivity contribution >= 4 is 16.8 Å². The highest BCUT2D eigenvalue weighted by atomic mass is 16.2. The van der Waals surface area contributed by atoms with E-state index in [9.17, 15) is 9.59 Å². The van der Waals surface area contributed by atoms with Crippen molar-refractivity contribution in [1.82, 2.24) is 10.3 Å². The number of para-hydroxylation sites is 1. The molecule has 0 spiro atoms. The molecule has 18 heavy (non-hydrogen) atoms. The van der Waals surface area contributed by atoms with Gasteiger partial charge in [0.1, 0.15) is 0 Å². The minimum absolute atomic E-state index is 0.123. The lowest BCUT2D eigenvalue weighted by atomic mass is 10.1. The quantitative estimate of drug-likeness (QED) is 0.740. The molecule has 1 unspecified atom stereocenters. The van der Waals surface area contributed by atoms with Gasteiger partial charge in [0.2, 0.25) is 5.56 Å². The number of fused-ring (bicyclic) bond motifs is 1. The Kier molecular flexibility index (Phi) is 3.43. The fourth-order valence-corrected chi connectivity index (χ4v) is 1.74. The SMILES string of the molecule is CC(N)CNC(=O)c1cc(=O)[nH]c2ccccc12. The summed E-state index contributed by atoms with van der Waals surface area (Å²) in [7, 11) is 0. The highest BCUT2D eigenvalue weighted by Crippen LogP contribution is 2.14. The number of carbonyl (C=O) groups is 1. The van der Waals surface area contributed by atoms with Crippen LogP contribution < -0.4 is 16.6 Å². The number of amides is 1. The number of aromatic amines is 1. The molecule has 2 rings (SSSR count). The normalized spacial score (nSPS) is 12.3. The van der Waals surface area contributed by atoms with Crippen molar-refractivity contribution in [2.24, 2.45) is 5.73 Å². The first-order chi connectivity index (χ1) is 8.58. The van der Waals surface area contributed by atoms with Crippen molar-refractivity contribution in [3.05, 3.63) is 46.2 Å². The van der Waals surface area contributed by atoms with Crippen molar-refractivity contribution in [2.75, 3.05) is 6.54 Å². The van der Waals surface area contributed by atoms with Gasteiger partial charge < -0.3 is 16.0 Å². The van der Waals surface area contributed by atoms with E-state index in [1.54, 1.807) is 19.1 Å². The maximum Gasteiger partial charge on any atom is 0.252 e. The number of hydrogen-bond donors (Lipinski definition) is 3. The first-order valence-corrected chi connectivity index (χ1v) is 5.74. The predicted octanol–water partition coefficient (Wildman–Crippen LogP) is 0.605. The number of carbonyl (C=O) groups excluding carboxylic acids is 1. The molecule has 5 nitrogen and oxygen atoms in total. The van der Waals surface area contributed by atoms with Gasteiger partial charge in [-0.1, -0.05) is 18.2 Å². The Hall–Kier alpha value is -2.14. The van der Waals surface area contributed by atoms with Crippen LogP contribution in [0.1, 0.15) is 17.3 Å². The van der Waals surface area contributed by atoms with Gasteiger partial charge >= 0.3 is 0 Å². The third kappa shape index (κ3) is 2.57. The van der Waals surface area contributed by atoms with Crippen LogP contribution in [-0.2, 0) is 0 Å². The zero-order valence-electron chi connectivity index (χ0n) is 10.1. The second-order valence-corrected chi connectivity index (χ2v) is 4.28. The molecule has 0 aliphatic rings. The molecule has 1 aromatic carbocycles. The molecule has 0 aliphatic heterocycles. The minimum atomic E-state index is -0.292. The van der Waals surface area contributed by atoms with Gasteiger partial charge in [0.15, 0.2) is 0 Å². The van der Waals surface area contributed by atoms with Crippen molar-refractivity contribution < 1.29 is 4.79 Å². The minimum Gasteiger partial charge on any atom is -0.350 e. The zero-order chi connectivity index (χ0) is 13.1. The Balaban J connectivity index is 2.43. The number of nitrogens with one attached hydrogen (secondary N) is 2. The van der Waals surface area contributed by atoms with Crippen LogP contribution in [-0.4, -0.2) is 23.5 Å². The number of rotatable bonds is 3. The maximum absolute atomic E-state index is 12.0. The number of benzene rings is 1.